The number of fused-ring (bicyclic) bond motifs is 1. The first-order valence-corrected chi connectivity index (χ1v) is 9.94. The topological polar surface area (TPSA) is 98.2 Å². The van der Waals surface area contributed by atoms with Crippen LogP contribution in [0.15, 0.2) is 30.3 Å². The van der Waals surface area contributed by atoms with Gasteiger partial charge < -0.3 is 19.8 Å². The van der Waals surface area contributed by atoms with Gasteiger partial charge in [-0.3, -0.25) is 19.2 Å². The molecule has 8 nitrogen and oxygen atoms in total. The van der Waals surface area contributed by atoms with Crippen molar-refractivity contribution in [3.8, 4) is 0 Å². The molecule has 156 valence electrons. The number of carboxylic acids is 1. The van der Waals surface area contributed by atoms with Gasteiger partial charge in [-0.25, -0.2) is 0 Å². The van der Waals surface area contributed by atoms with Gasteiger partial charge in [0.15, 0.2) is 0 Å². The van der Waals surface area contributed by atoms with Crippen LogP contribution in [0.5, 0.6) is 0 Å². The zero-order valence-electron chi connectivity index (χ0n) is 16.8. The lowest BCUT2D eigenvalue weighted by Gasteiger charge is -2.40. The van der Waals surface area contributed by atoms with Gasteiger partial charge in [0.05, 0.1) is 31.0 Å². The van der Waals surface area contributed by atoms with Crippen molar-refractivity contribution in [1.82, 2.24) is 14.7 Å². The molecule has 0 aromatic heterocycles. The number of amides is 3. The molecule has 2 heterocycles. The van der Waals surface area contributed by atoms with Crippen molar-refractivity contribution < 1.29 is 24.3 Å². The first kappa shape index (κ1) is 20.8. The number of nitrogens with zero attached hydrogens (tertiary/aromatic N) is 3. The molecule has 0 radical (unpaired) electrons. The molecule has 2 aliphatic rings. The van der Waals surface area contributed by atoms with Crippen molar-refractivity contribution in [2.24, 2.45) is 5.92 Å². The van der Waals surface area contributed by atoms with Crippen LogP contribution >= 0.6 is 0 Å². The molecule has 3 rings (SSSR count). The number of aliphatic carboxylic acids is 1. The van der Waals surface area contributed by atoms with Crippen LogP contribution in [-0.2, 0) is 19.2 Å². The lowest BCUT2D eigenvalue weighted by Crippen LogP contribution is -2.56. The van der Waals surface area contributed by atoms with Crippen LogP contribution in [-0.4, -0.2) is 76.2 Å². The Morgan fingerprint density at radius 1 is 1.17 bits per heavy atom. The number of carboxylic acid groups (broad SMARTS) is 1. The highest BCUT2D eigenvalue weighted by Crippen LogP contribution is 2.43. The minimum Gasteiger partial charge on any atom is -0.481 e. The van der Waals surface area contributed by atoms with E-state index in [2.05, 4.69) is 0 Å². The summed E-state index contributed by atoms with van der Waals surface area (Å²) in [5.74, 6) is -1.95. The zero-order chi connectivity index (χ0) is 21.1. The van der Waals surface area contributed by atoms with E-state index in [1.54, 1.807) is 16.8 Å². The molecule has 29 heavy (non-hydrogen) atoms. The van der Waals surface area contributed by atoms with Crippen molar-refractivity contribution in [3.05, 3.63) is 35.9 Å². The maximum absolute atomic E-state index is 13.0. The predicted octanol–water partition coefficient (Wildman–Crippen LogP) is 1.13. The third kappa shape index (κ3) is 4.26. The fourth-order valence-corrected chi connectivity index (χ4v) is 4.32. The van der Waals surface area contributed by atoms with E-state index in [1.165, 1.54) is 4.90 Å². The number of hydrogen-bond donors (Lipinski definition) is 1. The summed E-state index contributed by atoms with van der Waals surface area (Å²) in [5.41, 5.74) is 0.914. The molecule has 8 heteroatoms. The van der Waals surface area contributed by atoms with Gasteiger partial charge >= 0.3 is 5.97 Å². The zero-order valence-corrected chi connectivity index (χ0v) is 16.8. The summed E-state index contributed by atoms with van der Waals surface area (Å²) in [6.07, 6.45) is 0.0997. The summed E-state index contributed by atoms with van der Waals surface area (Å²) >= 11 is 0. The monoisotopic (exact) mass is 401 g/mol. The third-order valence-corrected chi connectivity index (χ3v) is 5.86. The van der Waals surface area contributed by atoms with Crippen molar-refractivity contribution in [1.29, 1.82) is 0 Å². The number of hydrogen-bond acceptors (Lipinski definition) is 4. The molecule has 0 aliphatic carbocycles. The number of benzene rings is 1. The van der Waals surface area contributed by atoms with E-state index in [9.17, 15) is 19.2 Å². The largest absolute Gasteiger partial charge is 0.481 e. The summed E-state index contributed by atoms with van der Waals surface area (Å²) in [7, 11) is 1.76. The van der Waals surface area contributed by atoms with Crippen LogP contribution in [0.3, 0.4) is 0 Å². The number of carbonyl (C=O) groups is 4. The molecule has 2 fully saturated rings. The standard InChI is InChI=1S/C21H27N3O5/c1-3-22(2)21(29)16-11-15-12-23(17(25)9-10-19(27)28)13-18(26)24(15)20(16)14-7-5-4-6-8-14/h4-8,15-16,20H,3,9-13H2,1-2H3,(H,27,28)/t15-,16-,20-/m0/s1. The smallest absolute Gasteiger partial charge is 0.303 e. The molecule has 0 spiro atoms. The molecule has 1 aromatic rings. The summed E-state index contributed by atoms with van der Waals surface area (Å²) in [5, 5.41) is 8.81. The predicted molar refractivity (Wildman–Crippen MR) is 105 cm³/mol. The normalized spacial score (nSPS) is 23.7. The van der Waals surface area contributed by atoms with Crippen molar-refractivity contribution in [2.75, 3.05) is 26.7 Å². The summed E-state index contributed by atoms with van der Waals surface area (Å²) < 4.78 is 0. The van der Waals surface area contributed by atoms with E-state index in [0.717, 1.165) is 5.56 Å². The second kappa shape index (κ2) is 8.63. The Morgan fingerprint density at radius 2 is 1.86 bits per heavy atom. The van der Waals surface area contributed by atoms with E-state index in [-0.39, 0.29) is 55.1 Å². The molecule has 1 N–H and O–H groups in total. The Bertz CT molecular complexity index is 797. The first-order chi connectivity index (χ1) is 13.8. The summed E-state index contributed by atoms with van der Waals surface area (Å²) in [6, 6.07) is 8.92. The fourth-order valence-electron chi connectivity index (χ4n) is 4.32. The molecule has 0 bridgehead atoms. The minimum atomic E-state index is -1.04. The maximum Gasteiger partial charge on any atom is 0.303 e. The van der Waals surface area contributed by atoms with Crippen LogP contribution in [0.2, 0.25) is 0 Å². The molecule has 1 aromatic carbocycles. The molecule has 3 amide bonds. The van der Waals surface area contributed by atoms with Crippen molar-refractivity contribution >= 4 is 23.7 Å². The highest BCUT2D eigenvalue weighted by atomic mass is 16.4. The van der Waals surface area contributed by atoms with Gasteiger partial charge in [0.25, 0.3) is 0 Å². The first-order valence-electron chi connectivity index (χ1n) is 9.94. The number of rotatable bonds is 6. The lowest BCUT2D eigenvalue weighted by molar-refractivity contribution is -0.150. The van der Waals surface area contributed by atoms with Gasteiger partial charge in [-0.1, -0.05) is 30.3 Å². The average molecular weight is 401 g/mol. The second-order valence-corrected chi connectivity index (χ2v) is 7.67. The van der Waals surface area contributed by atoms with Gasteiger partial charge in [0, 0.05) is 26.6 Å². The van der Waals surface area contributed by atoms with E-state index < -0.39 is 5.97 Å². The highest BCUT2D eigenvalue weighted by molar-refractivity contribution is 5.89. The number of carbonyl (C=O) groups excluding carboxylic acids is 3. The molecule has 2 aliphatic heterocycles. The van der Waals surface area contributed by atoms with E-state index in [1.807, 2.05) is 37.3 Å². The van der Waals surface area contributed by atoms with E-state index in [0.29, 0.717) is 19.5 Å². The van der Waals surface area contributed by atoms with Gasteiger partial charge in [0.2, 0.25) is 17.7 Å². The Hall–Kier alpha value is -2.90. The van der Waals surface area contributed by atoms with Crippen molar-refractivity contribution in [3.63, 3.8) is 0 Å². The summed E-state index contributed by atoms with van der Waals surface area (Å²) in [6.45, 7) is 2.73. The molecular weight excluding hydrogens is 374 g/mol. The van der Waals surface area contributed by atoms with Gasteiger partial charge in [-0.2, -0.15) is 0 Å². The molecular formula is C21H27N3O5. The van der Waals surface area contributed by atoms with Gasteiger partial charge in [-0.15, -0.1) is 0 Å². The molecule has 3 atom stereocenters. The van der Waals surface area contributed by atoms with E-state index >= 15 is 0 Å². The lowest BCUT2D eigenvalue weighted by atomic mass is 9.92. The van der Waals surface area contributed by atoms with E-state index in [4.69, 9.17) is 5.11 Å². The molecule has 0 unspecified atom stereocenters. The van der Waals surface area contributed by atoms with Gasteiger partial charge in [0.1, 0.15) is 0 Å². The number of piperazine rings is 1. The van der Waals surface area contributed by atoms with Crippen molar-refractivity contribution in [2.45, 2.75) is 38.3 Å². The summed E-state index contributed by atoms with van der Waals surface area (Å²) in [4.78, 5) is 54.1. The second-order valence-electron chi connectivity index (χ2n) is 7.67. The average Bonchev–Trinajstić information content (AvgIpc) is 3.11. The highest BCUT2D eigenvalue weighted by Gasteiger charge is 2.51. The van der Waals surface area contributed by atoms with Crippen LogP contribution in [0.4, 0.5) is 0 Å². The van der Waals surface area contributed by atoms with Crippen LogP contribution in [0, 0.1) is 5.92 Å². The van der Waals surface area contributed by atoms with Crippen LogP contribution in [0.25, 0.3) is 0 Å². The van der Waals surface area contributed by atoms with Gasteiger partial charge in [-0.05, 0) is 18.9 Å². The molecule has 2 saturated heterocycles. The SMILES string of the molecule is CCN(C)C(=O)[C@H]1C[C@H]2CN(C(=O)CCC(=O)O)CC(=O)N2[C@H]1c1ccccc1. The molecule has 0 saturated carbocycles. The Morgan fingerprint density at radius 3 is 2.48 bits per heavy atom. The minimum absolute atomic E-state index is 0.00712. The maximum atomic E-state index is 13.0. The van der Waals surface area contributed by atoms with Crippen LogP contribution < -0.4 is 0 Å². The Balaban J connectivity index is 1.86. The fraction of sp³-hybridized carbons (Fsp3) is 0.524. The third-order valence-electron chi connectivity index (χ3n) is 5.86. The van der Waals surface area contributed by atoms with Crippen LogP contribution in [0.1, 0.15) is 37.8 Å². The Labute approximate surface area is 170 Å². The Kier molecular flexibility index (Phi) is 6.20. The quantitative estimate of drug-likeness (QED) is 0.771.